The Bertz CT molecular complexity index is 355. The van der Waals surface area contributed by atoms with Gasteiger partial charge in [0.2, 0.25) is 11.8 Å². The second-order valence-corrected chi connectivity index (χ2v) is 5.28. The summed E-state index contributed by atoms with van der Waals surface area (Å²) in [5, 5.41) is 3.21. The van der Waals surface area contributed by atoms with Crippen LogP contribution < -0.4 is 10.1 Å². The van der Waals surface area contributed by atoms with Crippen molar-refractivity contribution in [2.75, 3.05) is 19.0 Å². The largest absolute Gasteiger partial charge is 0.480 e. The van der Waals surface area contributed by atoms with Crippen LogP contribution in [0.4, 0.5) is 5.95 Å². The predicted octanol–water partition coefficient (Wildman–Crippen LogP) is 3.10. The fraction of sp³-hybridized carbons (Fsp3) is 0.636. The van der Waals surface area contributed by atoms with E-state index in [1.165, 1.54) is 0 Å². The van der Waals surface area contributed by atoms with Gasteiger partial charge in [-0.25, -0.2) is 4.98 Å². The Labute approximate surface area is 105 Å². The van der Waals surface area contributed by atoms with Gasteiger partial charge >= 0.3 is 0 Å². The third kappa shape index (κ3) is 3.63. The summed E-state index contributed by atoms with van der Waals surface area (Å²) in [6.45, 7) is 7.42. The second-order valence-electron chi connectivity index (χ2n) is 4.42. The van der Waals surface area contributed by atoms with Crippen molar-refractivity contribution < 1.29 is 4.74 Å². The first kappa shape index (κ1) is 13.2. The Morgan fingerprint density at radius 3 is 2.75 bits per heavy atom. The molecule has 0 atom stereocenters. The van der Waals surface area contributed by atoms with Crippen LogP contribution in [0, 0.1) is 5.41 Å². The Balaban J connectivity index is 2.68. The molecule has 0 spiro atoms. The highest BCUT2D eigenvalue weighted by atomic mass is 79.9. The number of nitrogens with one attached hydrogen (secondary N) is 1. The molecule has 0 bridgehead atoms. The van der Waals surface area contributed by atoms with Crippen LogP contribution in [0.15, 0.2) is 10.7 Å². The van der Waals surface area contributed by atoms with E-state index in [1.54, 1.807) is 13.3 Å². The minimum atomic E-state index is 0.240. The van der Waals surface area contributed by atoms with Crippen molar-refractivity contribution in [2.45, 2.75) is 27.2 Å². The zero-order valence-corrected chi connectivity index (χ0v) is 11.8. The SMILES string of the molecule is CCC(C)(C)CNc1ncc(Br)c(OC)n1. The zero-order valence-electron chi connectivity index (χ0n) is 10.2. The molecule has 0 amide bonds. The van der Waals surface area contributed by atoms with Gasteiger partial charge in [0.1, 0.15) is 0 Å². The lowest BCUT2D eigenvalue weighted by molar-refractivity contribution is 0.374. The molecule has 4 nitrogen and oxygen atoms in total. The van der Waals surface area contributed by atoms with E-state index in [2.05, 4.69) is 52.0 Å². The van der Waals surface area contributed by atoms with Gasteiger partial charge in [-0.15, -0.1) is 0 Å². The van der Waals surface area contributed by atoms with Gasteiger partial charge in [0.05, 0.1) is 17.8 Å². The Hall–Kier alpha value is -0.840. The number of hydrogen-bond acceptors (Lipinski definition) is 4. The number of hydrogen-bond donors (Lipinski definition) is 1. The van der Waals surface area contributed by atoms with Crippen LogP contribution in [0.3, 0.4) is 0 Å². The van der Waals surface area contributed by atoms with Crippen molar-refractivity contribution in [1.29, 1.82) is 0 Å². The van der Waals surface area contributed by atoms with E-state index in [0.717, 1.165) is 17.4 Å². The summed E-state index contributed by atoms with van der Waals surface area (Å²) >= 11 is 3.32. The number of methoxy groups -OCH3 is 1. The molecule has 1 rings (SSSR count). The maximum Gasteiger partial charge on any atom is 0.232 e. The number of anilines is 1. The molecule has 0 aromatic carbocycles. The van der Waals surface area contributed by atoms with Crippen LogP contribution in [-0.4, -0.2) is 23.6 Å². The third-order valence-corrected chi connectivity index (χ3v) is 3.13. The van der Waals surface area contributed by atoms with Gasteiger partial charge < -0.3 is 10.1 Å². The summed E-state index contributed by atoms with van der Waals surface area (Å²) in [5.74, 6) is 1.15. The van der Waals surface area contributed by atoms with Crippen molar-refractivity contribution >= 4 is 21.9 Å². The van der Waals surface area contributed by atoms with E-state index >= 15 is 0 Å². The minimum Gasteiger partial charge on any atom is -0.480 e. The molecule has 0 aliphatic carbocycles. The topological polar surface area (TPSA) is 47.0 Å². The van der Waals surface area contributed by atoms with E-state index in [-0.39, 0.29) is 5.41 Å². The minimum absolute atomic E-state index is 0.240. The fourth-order valence-corrected chi connectivity index (χ4v) is 1.38. The monoisotopic (exact) mass is 287 g/mol. The second kappa shape index (κ2) is 5.48. The predicted molar refractivity (Wildman–Crippen MR) is 68.8 cm³/mol. The van der Waals surface area contributed by atoms with Crippen LogP contribution in [0.5, 0.6) is 5.88 Å². The summed E-state index contributed by atoms with van der Waals surface area (Å²) < 4.78 is 5.87. The number of halogens is 1. The molecule has 0 saturated carbocycles. The molecular formula is C11H18BrN3O. The summed E-state index contributed by atoms with van der Waals surface area (Å²) in [4.78, 5) is 8.41. The lowest BCUT2D eigenvalue weighted by Gasteiger charge is -2.22. The number of aromatic nitrogens is 2. The molecule has 0 aliphatic rings. The molecule has 1 aromatic rings. The number of ether oxygens (including phenoxy) is 1. The van der Waals surface area contributed by atoms with Crippen molar-refractivity contribution in [1.82, 2.24) is 9.97 Å². The van der Waals surface area contributed by atoms with E-state index in [0.29, 0.717) is 11.8 Å². The lowest BCUT2D eigenvalue weighted by atomic mass is 9.90. The molecule has 0 radical (unpaired) electrons. The molecule has 1 heterocycles. The molecule has 16 heavy (non-hydrogen) atoms. The molecule has 0 unspecified atom stereocenters. The number of rotatable bonds is 5. The fourth-order valence-electron chi connectivity index (χ4n) is 1.02. The lowest BCUT2D eigenvalue weighted by Crippen LogP contribution is -2.23. The van der Waals surface area contributed by atoms with Gasteiger partial charge in [-0.3, -0.25) is 0 Å². The van der Waals surface area contributed by atoms with Crippen molar-refractivity contribution in [3.8, 4) is 5.88 Å². The molecule has 0 saturated heterocycles. The van der Waals surface area contributed by atoms with Crippen LogP contribution in [0.1, 0.15) is 27.2 Å². The van der Waals surface area contributed by atoms with Crippen molar-refractivity contribution in [3.63, 3.8) is 0 Å². The van der Waals surface area contributed by atoms with Crippen molar-refractivity contribution in [2.24, 2.45) is 5.41 Å². The molecule has 0 fully saturated rings. The molecule has 1 N–H and O–H groups in total. The summed E-state index contributed by atoms with van der Waals surface area (Å²) in [5.41, 5.74) is 0.240. The average Bonchev–Trinajstić information content (AvgIpc) is 2.28. The highest BCUT2D eigenvalue weighted by Gasteiger charge is 2.15. The highest BCUT2D eigenvalue weighted by molar-refractivity contribution is 9.10. The van der Waals surface area contributed by atoms with Gasteiger partial charge in [-0.2, -0.15) is 4.98 Å². The summed E-state index contributed by atoms with van der Waals surface area (Å²) in [6.07, 6.45) is 2.79. The highest BCUT2D eigenvalue weighted by Crippen LogP contribution is 2.23. The molecule has 90 valence electrons. The first-order valence-corrected chi connectivity index (χ1v) is 6.08. The summed E-state index contributed by atoms with van der Waals surface area (Å²) in [6, 6.07) is 0. The van der Waals surface area contributed by atoms with E-state index < -0.39 is 0 Å². The van der Waals surface area contributed by atoms with Gasteiger partial charge in [-0.1, -0.05) is 20.8 Å². The normalized spacial score (nSPS) is 11.3. The van der Waals surface area contributed by atoms with Crippen molar-refractivity contribution in [3.05, 3.63) is 10.7 Å². The van der Waals surface area contributed by atoms with Gasteiger partial charge in [0.25, 0.3) is 0 Å². The Morgan fingerprint density at radius 2 is 2.19 bits per heavy atom. The maximum atomic E-state index is 5.11. The van der Waals surface area contributed by atoms with Gasteiger partial charge in [0.15, 0.2) is 0 Å². The Kier molecular flexibility index (Phi) is 4.53. The first-order valence-electron chi connectivity index (χ1n) is 5.29. The standard InChI is InChI=1S/C11H18BrN3O/c1-5-11(2,3)7-14-10-13-6-8(12)9(15-10)16-4/h6H,5,7H2,1-4H3,(H,13,14,15). The summed E-state index contributed by atoms with van der Waals surface area (Å²) in [7, 11) is 1.59. The number of nitrogens with zero attached hydrogens (tertiary/aromatic N) is 2. The first-order chi connectivity index (χ1) is 7.48. The average molecular weight is 288 g/mol. The zero-order chi connectivity index (χ0) is 12.2. The molecular weight excluding hydrogens is 270 g/mol. The third-order valence-electron chi connectivity index (χ3n) is 2.59. The quantitative estimate of drug-likeness (QED) is 0.904. The van der Waals surface area contributed by atoms with E-state index in [4.69, 9.17) is 4.74 Å². The van der Waals surface area contributed by atoms with Crippen LogP contribution in [0.2, 0.25) is 0 Å². The van der Waals surface area contributed by atoms with Crippen LogP contribution in [-0.2, 0) is 0 Å². The van der Waals surface area contributed by atoms with E-state index in [9.17, 15) is 0 Å². The maximum absolute atomic E-state index is 5.11. The molecule has 5 heteroatoms. The van der Waals surface area contributed by atoms with E-state index in [1.807, 2.05) is 0 Å². The molecule has 0 aliphatic heterocycles. The molecule has 1 aromatic heterocycles. The smallest absolute Gasteiger partial charge is 0.232 e. The van der Waals surface area contributed by atoms with Gasteiger partial charge in [-0.05, 0) is 27.8 Å². The Morgan fingerprint density at radius 1 is 1.50 bits per heavy atom. The van der Waals surface area contributed by atoms with Crippen LogP contribution in [0.25, 0.3) is 0 Å². The van der Waals surface area contributed by atoms with Gasteiger partial charge in [0, 0.05) is 6.54 Å². The van der Waals surface area contributed by atoms with Crippen LogP contribution >= 0.6 is 15.9 Å².